The molecule has 0 aromatic heterocycles. The van der Waals surface area contributed by atoms with E-state index in [-0.39, 0.29) is 11.4 Å². The Morgan fingerprint density at radius 1 is 1.25 bits per heavy atom. The van der Waals surface area contributed by atoms with Crippen molar-refractivity contribution in [3.8, 4) is 0 Å². The van der Waals surface area contributed by atoms with Crippen LogP contribution in [0, 0.1) is 5.41 Å². The van der Waals surface area contributed by atoms with Crippen molar-refractivity contribution < 1.29 is 4.79 Å². The van der Waals surface area contributed by atoms with Crippen molar-refractivity contribution in [2.45, 2.75) is 12.8 Å². The molecule has 0 saturated carbocycles. The Morgan fingerprint density at radius 3 is 2.40 bits per heavy atom. The molecule has 0 aliphatic carbocycles. The number of nitrogens with zero attached hydrogens (tertiary/aromatic N) is 1. The molecule has 1 N–H and O–H groups in total. The van der Waals surface area contributed by atoms with Crippen LogP contribution in [0.25, 0.3) is 0 Å². The van der Waals surface area contributed by atoms with Gasteiger partial charge in [-0.3, -0.25) is 4.90 Å². The van der Waals surface area contributed by atoms with Crippen molar-refractivity contribution >= 4 is 23.3 Å². The molecule has 0 unspecified atom stereocenters. The van der Waals surface area contributed by atoms with E-state index in [4.69, 9.17) is 11.6 Å². The highest BCUT2D eigenvalue weighted by Gasteiger charge is 2.37. The number of hydrogen-bond acceptors (Lipinski definition) is 1. The van der Waals surface area contributed by atoms with E-state index in [2.05, 4.69) is 18.5 Å². The highest BCUT2D eigenvalue weighted by molar-refractivity contribution is 6.30. The summed E-state index contributed by atoms with van der Waals surface area (Å²) in [6.07, 6.45) is 5.48. The lowest BCUT2D eigenvalue weighted by molar-refractivity contribution is 0.211. The van der Waals surface area contributed by atoms with Crippen molar-refractivity contribution in [1.29, 1.82) is 0 Å². The van der Waals surface area contributed by atoms with Gasteiger partial charge in [0.05, 0.1) is 0 Å². The molecule has 0 atom stereocenters. The molecular formula is C16H19ClN2O. The van der Waals surface area contributed by atoms with Crippen LogP contribution >= 0.6 is 11.6 Å². The van der Waals surface area contributed by atoms with Crippen LogP contribution in [0.3, 0.4) is 0 Å². The number of urea groups is 1. The maximum absolute atomic E-state index is 12.1. The second kappa shape index (κ2) is 6.14. The van der Waals surface area contributed by atoms with Crippen LogP contribution in [-0.2, 0) is 0 Å². The molecule has 1 aliphatic rings. The zero-order chi connectivity index (χ0) is 14.6. The van der Waals surface area contributed by atoms with E-state index in [0.29, 0.717) is 18.1 Å². The highest BCUT2D eigenvalue weighted by Crippen LogP contribution is 2.33. The molecule has 20 heavy (non-hydrogen) atoms. The molecule has 1 fully saturated rings. The van der Waals surface area contributed by atoms with Crippen molar-refractivity contribution in [1.82, 2.24) is 5.32 Å². The summed E-state index contributed by atoms with van der Waals surface area (Å²) >= 11 is 5.90. The fourth-order valence-corrected chi connectivity index (χ4v) is 2.75. The van der Waals surface area contributed by atoms with Crippen molar-refractivity contribution in [2.75, 3.05) is 18.0 Å². The maximum atomic E-state index is 12.1. The summed E-state index contributed by atoms with van der Waals surface area (Å²) < 4.78 is 0. The van der Waals surface area contributed by atoms with Crippen molar-refractivity contribution in [2.24, 2.45) is 5.41 Å². The van der Waals surface area contributed by atoms with Crippen molar-refractivity contribution in [3.05, 3.63) is 54.6 Å². The molecule has 1 saturated heterocycles. The minimum absolute atomic E-state index is 0.0446. The van der Waals surface area contributed by atoms with Gasteiger partial charge in [0.2, 0.25) is 0 Å². The predicted molar refractivity (Wildman–Crippen MR) is 84.3 cm³/mol. The Balaban J connectivity index is 2.27. The van der Waals surface area contributed by atoms with Gasteiger partial charge < -0.3 is 5.32 Å². The predicted octanol–water partition coefficient (Wildman–Crippen LogP) is 4.01. The Bertz CT molecular complexity index is 500. The first-order valence-electron chi connectivity index (χ1n) is 6.63. The monoisotopic (exact) mass is 290 g/mol. The van der Waals surface area contributed by atoms with Gasteiger partial charge in [0.15, 0.2) is 0 Å². The lowest BCUT2D eigenvalue weighted by Crippen LogP contribution is -2.56. The first-order chi connectivity index (χ1) is 9.60. The summed E-state index contributed by atoms with van der Waals surface area (Å²) in [5.74, 6) is 0. The fourth-order valence-electron chi connectivity index (χ4n) is 2.62. The molecule has 106 valence electrons. The van der Waals surface area contributed by atoms with Gasteiger partial charge in [-0.25, -0.2) is 4.79 Å². The van der Waals surface area contributed by atoms with Crippen LogP contribution in [-0.4, -0.2) is 19.1 Å². The zero-order valence-corrected chi connectivity index (χ0v) is 12.2. The van der Waals surface area contributed by atoms with Gasteiger partial charge >= 0.3 is 6.03 Å². The Hall–Kier alpha value is -1.74. The molecule has 0 bridgehead atoms. The quantitative estimate of drug-likeness (QED) is 0.817. The number of anilines is 1. The standard InChI is InChI=1S/C16H19ClN2O/c1-3-9-16(10-4-2)11-18-15(20)19(12-16)14-7-5-13(17)6-8-14/h3-8H,1-2,9-12H2,(H,18,20). The average molecular weight is 291 g/mol. The number of rotatable bonds is 5. The smallest absolute Gasteiger partial charge is 0.321 e. The number of carbonyl (C=O) groups is 1. The number of carbonyl (C=O) groups excluding carboxylic acids is 1. The van der Waals surface area contributed by atoms with Crippen LogP contribution in [0.5, 0.6) is 0 Å². The molecule has 4 heteroatoms. The molecule has 1 heterocycles. The second-order valence-electron chi connectivity index (χ2n) is 5.21. The molecule has 2 rings (SSSR count). The lowest BCUT2D eigenvalue weighted by Gasteiger charge is -2.42. The van der Waals surface area contributed by atoms with Gasteiger partial charge in [-0.1, -0.05) is 23.8 Å². The number of allylic oxidation sites excluding steroid dienone is 2. The van der Waals surface area contributed by atoms with E-state index < -0.39 is 0 Å². The van der Waals surface area contributed by atoms with E-state index in [1.54, 1.807) is 17.0 Å². The molecule has 1 aliphatic heterocycles. The fraction of sp³-hybridized carbons (Fsp3) is 0.312. The van der Waals surface area contributed by atoms with Crippen LogP contribution in [0.15, 0.2) is 49.6 Å². The topological polar surface area (TPSA) is 32.3 Å². The van der Waals surface area contributed by atoms with Gasteiger partial charge in [0.1, 0.15) is 0 Å². The average Bonchev–Trinajstić information content (AvgIpc) is 2.43. The van der Waals surface area contributed by atoms with Crippen molar-refractivity contribution in [3.63, 3.8) is 0 Å². The first-order valence-corrected chi connectivity index (χ1v) is 7.01. The Kier molecular flexibility index (Phi) is 4.50. The number of nitrogens with one attached hydrogen (secondary N) is 1. The zero-order valence-electron chi connectivity index (χ0n) is 11.4. The normalized spacial score (nSPS) is 17.4. The molecule has 1 aromatic rings. The van der Waals surface area contributed by atoms with Gasteiger partial charge in [0.25, 0.3) is 0 Å². The molecular weight excluding hydrogens is 272 g/mol. The SMILES string of the molecule is C=CCC1(CC=C)CNC(=O)N(c2ccc(Cl)cc2)C1. The minimum Gasteiger partial charge on any atom is -0.337 e. The van der Waals surface area contributed by atoms with E-state index in [1.165, 1.54) is 0 Å². The summed E-state index contributed by atoms with van der Waals surface area (Å²) in [7, 11) is 0. The second-order valence-corrected chi connectivity index (χ2v) is 5.64. The Labute approximate surface area is 124 Å². The van der Waals surface area contributed by atoms with Gasteiger partial charge in [-0.2, -0.15) is 0 Å². The first kappa shape index (κ1) is 14.7. The van der Waals surface area contributed by atoms with Crippen LogP contribution in [0.4, 0.5) is 10.5 Å². The molecule has 2 amide bonds. The van der Waals surface area contributed by atoms with E-state index in [1.807, 2.05) is 24.3 Å². The number of amides is 2. The third kappa shape index (κ3) is 3.05. The van der Waals surface area contributed by atoms with E-state index in [9.17, 15) is 4.79 Å². The Morgan fingerprint density at radius 2 is 1.85 bits per heavy atom. The largest absolute Gasteiger partial charge is 0.337 e. The van der Waals surface area contributed by atoms with Gasteiger partial charge in [-0.15, -0.1) is 13.2 Å². The summed E-state index contributed by atoms with van der Waals surface area (Å²) in [5, 5.41) is 3.63. The molecule has 3 nitrogen and oxygen atoms in total. The summed E-state index contributed by atoms with van der Waals surface area (Å²) in [6, 6.07) is 7.23. The van der Waals surface area contributed by atoms with Crippen LogP contribution in [0.2, 0.25) is 5.02 Å². The summed E-state index contributed by atoms with van der Waals surface area (Å²) in [4.78, 5) is 13.9. The minimum atomic E-state index is -0.0731. The highest BCUT2D eigenvalue weighted by atomic mass is 35.5. The lowest BCUT2D eigenvalue weighted by atomic mass is 9.79. The molecule has 0 spiro atoms. The maximum Gasteiger partial charge on any atom is 0.321 e. The van der Waals surface area contributed by atoms with Crippen LogP contribution < -0.4 is 10.2 Å². The summed E-state index contributed by atoms with van der Waals surface area (Å²) in [5.41, 5.74) is 0.806. The van der Waals surface area contributed by atoms with E-state index >= 15 is 0 Å². The van der Waals surface area contributed by atoms with Gasteiger partial charge in [-0.05, 0) is 37.1 Å². The molecule has 1 aromatic carbocycles. The van der Waals surface area contributed by atoms with E-state index in [0.717, 1.165) is 18.5 Å². The summed E-state index contributed by atoms with van der Waals surface area (Å²) in [6.45, 7) is 8.95. The number of halogens is 1. The third-order valence-electron chi connectivity index (χ3n) is 3.65. The number of hydrogen-bond donors (Lipinski definition) is 1. The van der Waals surface area contributed by atoms with Crippen LogP contribution in [0.1, 0.15) is 12.8 Å². The number of benzene rings is 1. The third-order valence-corrected chi connectivity index (χ3v) is 3.90. The molecule has 0 radical (unpaired) electrons. The van der Waals surface area contributed by atoms with Gasteiger partial charge in [0, 0.05) is 29.2 Å².